The molecule has 5 heteroatoms. The summed E-state index contributed by atoms with van der Waals surface area (Å²) >= 11 is 0. The van der Waals surface area contributed by atoms with Crippen molar-refractivity contribution in [3.05, 3.63) is 48.4 Å². The summed E-state index contributed by atoms with van der Waals surface area (Å²) in [6.45, 7) is 0. The standard InChI is InChI=1S/C13H10N2O3/c16-12(7-13(17)18)9-3-5-15-11(6-9)10-2-1-4-14-8-10/h1-6,8H,7H2,(H,17,18). The van der Waals surface area contributed by atoms with E-state index in [0.717, 1.165) is 5.56 Å². The number of nitrogens with zero attached hydrogens (tertiary/aromatic N) is 2. The van der Waals surface area contributed by atoms with E-state index in [0.29, 0.717) is 11.3 Å². The summed E-state index contributed by atoms with van der Waals surface area (Å²) in [7, 11) is 0. The Morgan fingerprint density at radius 3 is 2.72 bits per heavy atom. The molecule has 0 saturated heterocycles. The summed E-state index contributed by atoms with van der Waals surface area (Å²) in [5.74, 6) is -1.57. The SMILES string of the molecule is O=C(O)CC(=O)c1ccnc(-c2cccnc2)c1. The molecule has 0 bridgehead atoms. The van der Waals surface area contributed by atoms with Gasteiger partial charge in [-0.2, -0.15) is 0 Å². The van der Waals surface area contributed by atoms with Gasteiger partial charge in [0.25, 0.3) is 0 Å². The van der Waals surface area contributed by atoms with Crippen LogP contribution in [0.25, 0.3) is 11.3 Å². The van der Waals surface area contributed by atoms with Gasteiger partial charge in [0.05, 0.1) is 5.69 Å². The first kappa shape index (κ1) is 11.9. The topological polar surface area (TPSA) is 80.1 Å². The molecule has 0 aliphatic heterocycles. The Kier molecular flexibility index (Phi) is 3.43. The highest BCUT2D eigenvalue weighted by molar-refractivity contribution is 6.05. The Hall–Kier alpha value is -2.56. The van der Waals surface area contributed by atoms with Crippen LogP contribution in [0.15, 0.2) is 42.9 Å². The zero-order valence-electron chi connectivity index (χ0n) is 9.41. The summed E-state index contributed by atoms with van der Waals surface area (Å²) < 4.78 is 0. The van der Waals surface area contributed by atoms with Crippen molar-refractivity contribution < 1.29 is 14.7 Å². The molecule has 0 saturated carbocycles. The Morgan fingerprint density at radius 2 is 2.06 bits per heavy atom. The van der Waals surface area contributed by atoms with Gasteiger partial charge in [-0.1, -0.05) is 0 Å². The molecule has 18 heavy (non-hydrogen) atoms. The molecule has 0 aliphatic rings. The average molecular weight is 242 g/mol. The highest BCUT2D eigenvalue weighted by Crippen LogP contribution is 2.17. The van der Waals surface area contributed by atoms with Gasteiger partial charge in [0, 0.05) is 29.7 Å². The van der Waals surface area contributed by atoms with Gasteiger partial charge in [0.15, 0.2) is 5.78 Å². The Bertz CT molecular complexity index is 582. The number of ketones is 1. The second kappa shape index (κ2) is 5.18. The number of carbonyl (C=O) groups is 2. The van der Waals surface area contributed by atoms with E-state index in [1.165, 1.54) is 12.3 Å². The largest absolute Gasteiger partial charge is 0.481 e. The van der Waals surface area contributed by atoms with Gasteiger partial charge < -0.3 is 5.11 Å². The third-order valence-electron chi connectivity index (χ3n) is 2.35. The molecule has 0 spiro atoms. The van der Waals surface area contributed by atoms with Gasteiger partial charge in [-0.05, 0) is 24.3 Å². The minimum absolute atomic E-state index is 0.339. The van der Waals surface area contributed by atoms with Crippen LogP contribution in [-0.4, -0.2) is 26.8 Å². The predicted molar refractivity (Wildman–Crippen MR) is 64.1 cm³/mol. The van der Waals surface area contributed by atoms with Crippen molar-refractivity contribution in [2.24, 2.45) is 0 Å². The number of Topliss-reactive ketones (excluding diaryl/α,β-unsaturated/α-hetero) is 1. The zero-order chi connectivity index (χ0) is 13.0. The number of hydrogen-bond acceptors (Lipinski definition) is 4. The molecular weight excluding hydrogens is 232 g/mol. The van der Waals surface area contributed by atoms with Crippen molar-refractivity contribution >= 4 is 11.8 Å². The van der Waals surface area contributed by atoms with Crippen molar-refractivity contribution in [3.8, 4) is 11.3 Å². The lowest BCUT2D eigenvalue weighted by Crippen LogP contribution is -2.07. The Morgan fingerprint density at radius 1 is 1.22 bits per heavy atom. The molecule has 2 aromatic heterocycles. The molecule has 0 aromatic carbocycles. The van der Waals surface area contributed by atoms with E-state index in [4.69, 9.17) is 5.11 Å². The van der Waals surface area contributed by atoms with Crippen molar-refractivity contribution in [3.63, 3.8) is 0 Å². The second-order valence-corrected chi connectivity index (χ2v) is 3.67. The lowest BCUT2D eigenvalue weighted by atomic mass is 10.1. The summed E-state index contributed by atoms with van der Waals surface area (Å²) in [5.41, 5.74) is 1.72. The van der Waals surface area contributed by atoms with Gasteiger partial charge in [-0.15, -0.1) is 0 Å². The van der Waals surface area contributed by atoms with Crippen molar-refractivity contribution in [2.75, 3.05) is 0 Å². The smallest absolute Gasteiger partial charge is 0.311 e. The van der Waals surface area contributed by atoms with E-state index < -0.39 is 18.2 Å². The third-order valence-corrected chi connectivity index (χ3v) is 2.35. The summed E-state index contributed by atoms with van der Waals surface area (Å²) in [6.07, 6.45) is 4.24. The third kappa shape index (κ3) is 2.76. The van der Waals surface area contributed by atoms with Gasteiger partial charge >= 0.3 is 5.97 Å². The van der Waals surface area contributed by atoms with Crippen LogP contribution >= 0.6 is 0 Å². The van der Waals surface area contributed by atoms with Crippen LogP contribution in [0.1, 0.15) is 16.8 Å². The van der Waals surface area contributed by atoms with Crippen LogP contribution in [0.3, 0.4) is 0 Å². The molecule has 0 aliphatic carbocycles. The maximum Gasteiger partial charge on any atom is 0.311 e. The first-order chi connectivity index (χ1) is 8.66. The van der Waals surface area contributed by atoms with Gasteiger partial charge in [0.1, 0.15) is 6.42 Å². The number of carbonyl (C=O) groups excluding carboxylic acids is 1. The first-order valence-corrected chi connectivity index (χ1v) is 5.28. The van der Waals surface area contributed by atoms with Crippen molar-refractivity contribution in [1.82, 2.24) is 9.97 Å². The molecule has 5 nitrogen and oxygen atoms in total. The van der Waals surface area contributed by atoms with E-state index in [-0.39, 0.29) is 0 Å². The maximum absolute atomic E-state index is 11.6. The molecule has 2 aromatic rings. The van der Waals surface area contributed by atoms with Crippen molar-refractivity contribution in [2.45, 2.75) is 6.42 Å². The number of aromatic nitrogens is 2. The number of carboxylic acid groups (broad SMARTS) is 1. The molecule has 2 rings (SSSR count). The highest BCUT2D eigenvalue weighted by Gasteiger charge is 2.11. The van der Waals surface area contributed by atoms with Gasteiger partial charge in [-0.25, -0.2) is 0 Å². The minimum atomic E-state index is -1.14. The average Bonchev–Trinajstić information content (AvgIpc) is 2.39. The maximum atomic E-state index is 11.6. The summed E-state index contributed by atoms with van der Waals surface area (Å²) in [5, 5.41) is 8.59. The molecule has 0 unspecified atom stereocenters. The Balaban J connectivity index is 2.31. The molecule has 90 valence electrons. The fourth-order valence-corrected chi connectivity index (χ4v) is 1.52. The Labute approximate surface area is 103 Å². The second-order valence-electron chi connectivity index (χ2n) is 3.67. The van der Waals surface area contributed by atoms with Crippen LogP contribution in [0.4, 0.5) is 0 Å². The lowest BCUT2D eigenvalue weighted by molar-refractivity contribution is -0.135. The van der Waals surface area contributed by atoms with Crippen LogP contribution in [-0.2, 0) is 4.79 Å². The fraction of sp³-hybridized carbons (Fsp3) is 0.0769. The van der Waals surface area contributed by atoms with Crippen molar-refractivity contribution in [1.29, 1.82) is 0 Å². The van der Waals surface area contributed by atoms with E-state index in [1.807, 2.05) is 6.07 Å². The fourth-order valence-electron chi connectivity index (χ4n) is 1.52. The molecular formula is C13H10N2O3. The van der Waals surface area contributed by atoms with Crippen LogP contribution < -0.4 is 0 Å². The molecule has 2 heterocycles. The molecule has 0 fully saturated rings. The van der Waals surface area contributed by atoms with Gasteiger partial charge in [-0.3, -0.25) is 19.6 Å². The molecule has 1 N–H and O–H groups in total. The van der Waals surface area contributed by atoms with E-state index in [9.17, 15) is 9.59 Å². The molecule has 0 radical (unpaired) electrons. The van der Waals surface area contributed by atoms with E-state index >= 15 is 0 Å². The first-order valence-electron chi connectivity index (χ1n) is 5.28. The molecule has 0 atom stereocenters. The summed E-state index contributed by atoms with van der Waals surface area (Å²) in [6, 6.07) is 6.66. The number of hydrogen-bond donors (Lipinski definition) is 1. The number of pyridine rings is 2. The monoisotopic (exact) mass is 242 g/mol. The van der Waals surface area contributed by atoms with Crippen LogP contribution in [0, 0.1) is 0 Å². The predicted octanol–water partition coefficient (Wildman–Crippen LogP) is 1.80. The molecule has 0 amide bonds. The number of rotatable bonds is 4. The zero-order valence-corrected chi connectivity index (χ0v) is 9.41. The van der Waals surface area contributed by atoms with Crippen LogP contribution in [0.2, 0.25) is 0 Å². The van der Waals surface area contributed by atoms with E-state index in [2.05, 4.69) is 9.97 Å². The quantitative estimate of drug-likeness (QED) is 0.653. The number of carboxylic acids is 1. The van der Waals surface area contributed by atoms with Gasteiger partial charge in [0.2, 0.25) is 0 Å². The van der Waals surface area contributed by atoms with Crippen LogP contribution in [0.5, 0.6) is 0 Å². The number of aliphatic carboxylic acids is 1. The van der Waals surface area contributed by atoms with E-state index in [1.54, 1.807) is 24.5 Å². The highest BCUT2D eigenvalue weighted by atomic mass is 16.4. The summed E-state index contributed by atoms with van der Waals surface area (Å²) in [4.78, 5) is 30.2. The lowest BCUT2D eigenvalue weighted by Gasteiger charge is -2.02. The normalized spacial score (nSPS) is 10.0. The minimum Gasteiger partial charge on any atom is -0.481 e.